The first-order valence-electron chi connectivity index (χ1n) is 8.04. The largest absolute Gasteiger partial charge is 0.494 e. The third-order valence-electron chi connectivity index (χ3n) is 3.95. The standard InChI is InChI=1S/C18H22N2O3S/c1-3-23-16-6-4-15(5-7-16)19-9-8-14(12-19)18-20(10-11-22-2)17(21)13-24-18/h4-9,12,18H,3,10-11,13H2,1-2H3/t18-/m1/s1. The van der Waals surface area contributed by atoms with Gasteiger partial charge in [-0.05, 0) is 37.3 Å². The highest BCUT2D eigenvalue weighted by atomic mass is 32.2. The van der Waals surface area contributed by atoms with E-state index in [1.165, 1.54) is 0 Å². The Morgan fingerprint density at radius 1 is 1.25 bits per heavy atom. The number of aromatic nitrogens is 1. The highest BCUT2D eigenvalue weighted by molar-refractivity contribution is 8.00. The summed E-state index contributed by atoms with van der Waals surface area (Å²) in [7, 11) is 1.66. The normalized spacial score (nSPS) is 17.5. The first-order chi connectivity index (χ1) is 11.7. The van der Waals surface area contributed by atoms with E-state index in [0.717, 1.165) is 17.0 Å². The Balaban J connectivity index is 1.76. The van der Waals surface area contributed by atoms with Gasteiger partial charge in [-0.2, -0.15) is 0 Å². The van der Waals surface area contributed by atoms with Gasteiger partial charge in [-0.15, -0.1) is 11.8 Å². The zero-order chi connectivity index (χ0) is 16.9. The topological polar surface area (TPSA) is 43.7 Å². The second kappa shape index (κ2) is 7.77. The van der Waals surface area contributed by atoms with Crippen molar-refractivity contribution in [2.75, 3.05) is 32.6 Å². The van der Waals surface area contributed by atoms with E-state index in [-0.39, 0.29) is 11.3 Å². The molecule has 0 bridgehead atoms. The Bertz CT molecular complexity index is 684. The molecular formula is C18H22N2O3S. The van der Waals surface area contributed by atoms with E-state index in [9.17, 15) is 4.79 Å². The Morgan fingerprint density at radius 3 is 2.75 bits per heavy atom. The van der Waals surface area contributed by atoms with Crippen LogP contribution >= 0.6 is 11.8 Å². The van der Waals surface area contributed by atoms with Crippen LogP contribution in [0.25, 0.3) is 5.69 Å². The van der Waals surface area contributed by atoms with Crippen LogP contribution in [0.4, 0.5) is 0 Å². The molecule has 1 saturated heterocycles. The Labute approximate surface area is 146 Å². The average molecular weight is 346 g/mol. The zero-order valence-corrected chi connectivity index (χ0v) is 14.8. The van der Waals surface area contributed by atoms with Gasteiger partial charge in [0.05, 0.1) is 19.0 Å². The predicted molar refractivity (Wildman–Crippen MR) is 95.7 cm³/mol. The van der Waals surface area contributed by atoms with Gasteiger partial charge in [-0.1, -0.05) is 0 Å². The molecule has 5 nitrogen and oxygen atoms in total. The number of benzene rings is 1. The van der Waals surface area contributed by atoms with Crippen LogP contribution < -0.4 is 4.74 Å². The second-order valence-electron chi connectivity index (χ2n) is 5.52. The number of hydrogen-bond donors (Lipinski definition) is 0. The van der Waals surface area contributed by atoms with Crippen molar-refractivity contribution < 1.29 is 14.3 Å². The summed E-state index contributed by atoms with van der Waals surface area (Å²) in [5.74, 6) is 1.58. The van der Waals surface area contributed by atoms with E-state index in [1.807, 2.05) is 42.3 Å². The Kier molecular flexibility index (Phi) is 5.48. The van der Waals surface area contributed by atoms with Gasteiger partial charge >= 0.3 is 0 Å². The summed E-state index contributed by atoms with van der Waals surface area (Å²) in [6.07, 6.45) is 4.12. The lowest BCUT2D eigenvalue weighted by Gasteiger charge is -2.22. The lowest BCUT2D eigenvalue weighted by molar-refractivity contribution is -0.128. The maximum absolute atomic E-state index is 12.1. The van der Waals surface area contributed by atoms with E-state index in [1.54, 1.807) is 18.9 Å². The number of hydrogen-bond acceptors (Lipinski definition) is 4. The van der Waals surface area contributed by atoms with E-state index in [4.69, 9.17) is 9.47 Å². The van der Waals surface area contributed by atoms with Crippen LogP contribution in [-0.2, 0) is 9.53 Å². The summed E-state index contributed by atoms with van der Waals surface area (Å²) < 4.78 is 12.7. The van der Waals surface area contributed by atoms with Gasteiger partial charge in [0, 0.05) is 37.3 Å². The number of thioether (sulfide) groups is 1. The highest BCUT2D eigenvalue weighted by Gasteiger charge is 2.32. The molecule has 1 fully saturated rings. The fourth-order valence-electron chi connectivity index (χ4n) is 2.76. The van der Waals surface area contributed by atoms with E-state index in [2.05, 4.69) is 16.8 Å². The number of methoxy groups -OCH3 is 1. The maximum Gasteiger partial charge on any atom is 0.233 e. The third-order valence-corrected chi connectivity index (χ3v) is 5.21. The van der Waals surface area contributed by atoms with Crippen molar-refractivity contribution in [3.05, 3.63) is 48.3 Å². The van der Waals surface area contributed by atoms with E-state index < -0.39 is 0 Å². The molecule has 1 amide bonds. The molecule has 6 heteroatoms. The summed E-state index contributed by atoms with van der Waals surface area (Å²) >= 11 is 1.67. The molecular weight excluding hydrogens is 324 g/mol. The van der Waals surface area contributed by atoms with E-state index >= 15 is 0 Å². The Hall–Kier alpha value is -1.92. The molecule has 128 valence electrons. The molecule has 0 spiro atoms. The second-order valence-corrected chi connectivity index (χ2v) is 6.59. The van der Waals surface area contributed by atoms with E-state index in [0.29, 0.717) is 25.5 Å². The number of carbonyl (C=O) groups is 1. The molecule has 1 aliphatic heterocycles. The van der Waals surface area contributed by atoms with Crippen molar-refractivity contribution >= 4 is 17.7 Å². The lowest BCUT2D eigenvalue weighted by Crippen LogP contribution is -2.31. The predicted octanol–water partition coefficient (Wildman–Crippen LogP) is 3.10. The molecule has 0 saturated carbocycles. The molecule has 1 aromatic carbocycles. The number of nitrogens with zero attached hydrogens (tertiary/aromatic N) is 2. The highest BCUT2D eigenvalue weighted by Crippen LogP contribution is 2.38. The molecule has 0 N–H and O–H groups in total. The molecule has 0 radical (unpaired) electrons. The minimum Gasteiger partial charge on any atom is -0.494 e. The molecule has 3 rings (SSSR count). The van der Waals surface area contributed by atoms with Gasteiger partial charge in [-0.3, -0.25) is 4.79 Å². The first-order valence-corrected chi connectivity index (χ1v) is 9.09. The van der Waals surface area contributed by atoms with Crippen LogP contribution in [0.3, 0.4) is 0 Å². The van der Waals surface area contributed by atoms with Gasteiger partial charge < -0.3 is 18.9 Å². The third kappa shape index (κ3) is 3.60. The summed E-state index contributed by atoms with van der Waals surface area (Å²) in [6, 6.07) is 10.1. The summed E-state index contributed by atoms with van der Waals surface area (Å²) in [6.45, 7) is 3.82. The van der Waals surface area contributed by atoms with Crippen LogP contribution in [0.1, 0.15) is 17.9 Å². The molecule has 2 aromatic rings. The minimum absolute atomic E-state index is 0.0663. The Morgan fingerprint density at radius 2 is 2.04 bits per heavy atom. The number of amides is 1. The van der Waals surface area contributed by atoms with Crippen LogP contribution in [0.15, 0.2) is 42.7 Å². The fraction of sp³-hybridized carbons (Fsp3) is 0.389. The molecule has 1 atom stereocenters. The molecule has 24 heavy (non-hydrogen) atoms. The summed E-state index contributed by atoms with van der Waals surface area (Å²) in [5.41, 5.74) is 2.21. The minimum atomic E-state index is 0.0663. The van der Waals surface area contributed by atoms with Gasteiger partial charge in [-0.25, -0.2) is 0 Å². The molecule has 0 unspecified atom stereocenters. The average Bonchev–Trinajstić information content (AvgIpc) is 3.21. The lowest BCUT2D eigenvalue weighted by atomic mass is 10.3. The number of carbonyl (C=O) groups excluding carboxylic acids is 1. The molecule has 1 aliphatic rings. The van der Waals surface area contributed by atoms with Crippen molar-refractivity contribution in [3.63, 3.8) is 0 Å². The van der Waals surface area contributed by atoms with Crippen molar-refractivity contribution in [3.8, 4) is 11.4 Å². The summed E-state index contributed by atoms with van der Waals surface area (Å²) in [4.78, 5) is 14.0. The van der Waals surface area contributed by atoms with Gasteiger partial charge in [0.25, 0.3) is 0 Å². The SMILES string of the molecule is CCOc1ccc(-n2ccc([C@H]3SCC(=O)N3CCOC)c2)cc1. The van der Waals surface area contributed by atoms with Gasteiger partial charge in [0.15, 0.2) is 0 Å². The van der Waals surface area contributed by atoms with Gasteiger partial charge in [0.1, 0.15) is 11.1 Å². The van der Waals surface area contributed by atoms with Crippen molar-refractivity contribution in [2.45, 2.75) is 12.3 Å². The first kappa shape index (κ1) is 16.9. The maximum atomic E-state index is 12.1. The smallest absolute Gasteiger partial charge is 0.233 e. The number of ether oxygens (including phenoxy) is 2. The van der Waals surface area contributed by atoms with Crippen molar-refractivity contribution in [1.29, 1.82) is 0 Å². The quantitative estimate of drug-likeness (QED) is 0.773. The molecule has 0 aliphatic carbocycles. The van der Waals surface area contributed by atoms with Crippen LogP contribution in [0.5, 0.6) is 5.75 Å². The molecule has 2 heterocycles. The molecule has 1 aromatic heterocycles. The zero-order valence-electron chi connectivity index (χ0n) is 14.0. The van der Waals surface area contributed by atoms with Crippen LogP contribution in [0.2, 0.25) is 0 Å². The van der Waals surface area contributed by atoms with Crippen molar-refractivity contribution in [2.24, 2.45) is 0 Å². The monoisotopic (exact) mass is 346 g/mol. The van der Waals surface area contributed by atoms with Gasteiger partial charge in [0.2, 0.25) is 5.91 Å². The van der Waals surface area contributed by atoms with Crippen LogP contribution in [0, 0.1) is 0 Å². The van der Waals surface area contributed by atoms with Crippen molar-refractivity contribution in [1.82, 2.24) is 9.47 Å². The summed E-state index contributed by atoms with van der Waals surface area (Å²) in [5, 5.41) is 0.0663. The fourth-order valence-corrected chi connectivity index (χ4v) is 3.96. The van der Waals surface area contributed by atoms with Crippen LogP contribution in [-0.4, -0.2) is 48.0 Å². The number of rotatable bonds is 7.